The molecule has 9 heteroatoms. The first kappa shape index (κ1) is 39.7. The Morgan fingerprint density at radius 3 is 1.58 bits per heavy atom. The van der Waals surface area contributed by atoms with Crippen LogP contribution in [0.25, 0.3) is 44.3 Å². The first-order chi connectivity index (χ1) is 27.7. The maximum atomic E-state index is 5.98. The molecule has 0 aliphatic carbocycles. The summed E-state index contributed by atoms with van der Waals surface area (Å²) in [5, 5.41) is 20.8. The van der Waals surface area contributed by atoms with E-state index in [0.29, 0.717) is 37.5 Å². The van der Waals surface area contributed by atoms with Crippen LogP contribution in [0, 0.1) is 17.8 Å². The van der Waals surface area contributed by atoms with Gasteiger partial charge < -0.3 is 14.5 Å². The van der Waals surface area contributed by atoms with E-state index >= 15 is 0 Å². The van der Waals surface area contributed by atoms with Crippen molar-refractivity contribution in [1.82, 2.24) is 25.2 Å². The van der Waals surface area contributed by atoms with Crippen LogP contribution in [0.15, 0.2) is 109 Å². The highest BCUT2D eigenvalue weighted by Crippen LogP contribution is 2.42. The largest absolute Gasteiger partial charge is 0.375 e. The predicted octanol–water partition coefficient (Wildman–Crippen LogP) is 10.6. The molecule has 0 fully saturated rings. The lowest BCUT2D eigenvalue weighted by Gasteiger charge is -2.27. The molecule has 0 aliphatic rings. The number of fused-ring (bicyclic) bond motifs is 2. The monoisotopic (exact) mass is 762 g/mol. The number of hydrogen-bond donors (Lipinski definition) is 0. The number of hydrogen-bond acceptors (Lipinski definition) is 6. The highest BCUT2D eigenvalue weighted by Gasteiger charge is 2.24. The normalized spacial score (nSPS) is 11.8. The summed E-state index contributed by atoms with van der Waals surface area (Å²) in [4.78, 5) is 8.44. The van der Waals surface area contributed by atoms with Crippen molar-refractivity contribution in [3.63, 3.8) is 0 Å². The Morgan fingerprint density at radius 1 is 0.596 bits per heavy atom. The Kier molecular flexibility index (Phi) is 12.6. The van der Waals surface area contributed by atoms with Gasteiger partial charge in [-0.15, -0.1) is 0 Å². The molecule has 5 aromatic carbocycles. The molecule has 0 saturated carbocycles. The molecule has 2 heterocycles. The van der Waals surface area contributed by atoms with Gasteiger partial charge in [0, 0.05) is 64.6 Å². The Morgan fingerprint density at radius 2 is 1.09 bits per heavy atom. The predicted molar refractivity (Wildman–Crippen MR) is 234 cm³/mol. The molecule has 0 aliphatic heterocycles. The van der Waals surface area contributed by atoms with Gasteiger partial charge in [0.15, 0.2) is 6.54 Å². The van der Waals surface area contributed by atoms with E-state index in [-0.39, 0.29) is 0 Å². The highest BCUT2D eigenvalue weighted by molar-refractivity contribution is 6.16. The van der Waals surface area contributed by atoms with Crippen molar-refractivity contribution >= 4 is 44.8 Å². The molecular formula is C48H58N8O. The van der Waals surface area contributed by atoms with Crippen LogP contribution in [0.4, 0.5) is 22.7 Å². The Hall–Kier alpha value is -5.54. The van der Waals surface area contributed by atoms with Crippen molar-refractivity contribution in [3.8, 4) is 22.3 Å². The Labute approximate surface area is 338 Å². The van der Waals surface area contributed by atoms with E-state index in [0.717, 1.165) is 88.2 Å². The van der Waals surface area contributed by atoms with E-state index in [2.05, 4.69) is 167 Å². The average Bonchev–Trinajstić information content (AvgIpc) is 3.82. The molecule has 9 nitrogen and oxygen atoms in total. The van der Waals surface area contributed by atoms with Gasteiger partial charge in [0.25, 0.3) is 0 Å². The van der Waals surface area contributed by atoms with Crippen molar-refractivity contribution in [2.24, 2.45) is 17.8 Å². The zero-order valence-corrected chi connectivity index (χ0v) is 34.8. The van der Waals surface area contributed by atoms with Crippen molar-refractivity contribution in [2.75, 3.05) is 36.1 Å². The summed E-state index contributed by atoms with van der Waals surface area (Å²) in [5.74, 6) is 1.34. The number of rotatable bonds is 18. The molecule has 0 radical (unpaired) electrons. The quantitative estimate of drug-likeness (QED) is 0.0636. The number of unbranched alkanes of at least 4 members (excludes halogenated alkanes) is 1. The fourth-order valence-corrected chi connectivity index (χ4v) is 7.43. The van der Waals surface area contributed by atoms with Crippen molar-refractivity contribution in [3.05, 3.63) is 109 Å². The molecule has 0 atom stereocenters. The maximum absolute atomic E-state index is 5.98. The molecule has 7 aromatic rings. The molecule has 0 N–H and O–H groups in total. The van der Waals surface area contributed by atoms with Crippen LogP contribution in [0.1, 0.15) is 61.3 Å². The minimum atomic E-state index is 0.372. The number of aromatic nitrogens is 6. The second-order valence-corrected chi connectivity index (χ2v) is 16.3. The van der Waals surface area contributed by atoms with Crippen LogP contribution in [-0.2, 0) is 17.8 Å². The molecule has 0 bridgehead atoms. The van der Waals surface area contributed by atoms with E-state index < -0.39 is 0 Å². The van der Waals surface area contributed by atoms with Gasteiger partial charge in [0.05, 0.1) is 6.54 Å². The third kappa shape index (κ3) is 9.21. The van der Waals surface area contributed by atoms with Gasteiger partial charge in [0.2, 0.25) is 0 Å². The van der Waals surface area contributed by atoms with Crippen LogP contribution in [0.2, 0.25) is 0 Å². The molecule has 296 valence electrons. The fraction of sp³-hybridized carbons (Fsp3) is 0.375. The minimum absolute atomic E-state index is 0.372. The third-order valence-electron chi connectivity index (χ3n) is 10.0. The zero-order valence-electron chi connectivity index (χ0n) is 34.8. The lowest BCUT2D eigenvalue weighted by atomic mass is 9.95. The summed E-state index contributed by atoms with van der Waals surface area (Å²) in [7, 11) is 0. The van der Waals surface area contributed by atoms with Gasteiger partial charge in [-0.05, 0) is 83.8 Å². The standard InChI is InChI=1S/C48H58N8O/c1-8-9-29-57-30-28-55-49-45-43(37-20-24-41(25-21-37)53(31-34(2)3)39-16-12-10-13-17-39)47-48(52-56(51-47)33-36(6)7)44(46(45)50-55)38-22-26-42(27-23-38)54(32-35(4)5)40-18-14-11-15-19-40/h10-27,34-36H,8-9,28-33H2,1-7H3. The number of para-hydroxylation sites is 2. The van der Waals surface area contributed by atoms with Gasteiger partial charge >= 0.3 is 0 Å². The van der Waals surface area contributed by atoms with Crippen LogP contribution < -0.4 is 19.7 Å². The Bertz CT molecular complexity index is 2180. The molecule has 0 amide bonds. The number of anilines is 4. The van der Waals surface area contributed by atoms with E-state index in [4.69, 9.17) is 25.1 Å². The first-order valence-corrected chi connectivity index (χ1v) is 20.8. The zero-order chi connectivity index (χ0) is 39.9. The van der Waals surface area contributed by atoms with Gasteiger partial charge in [-0.3, -0.25) is 0 Å². The van der Waals surface area contributed by atoms with Gasteiger partial charge in [-0.25, -0.2) is 0 Å². The van der Waals surface area contributed by atoms with E-state index in [1.54, 1.807) is 4.80 Å². The third-order valence-corrected chi connectivity index (χ3v) is 10.0. The SMILES string of the molecule is CCCCOCC[n+]1nc2c(-c3ccc(N(CC(C)C)c4ccccc4)cc3)c3nn(CC(C)C)nc3c(-c3ccc(N(CC(C)C)c4ccccc4)cc3)c2[n-]1. The highest BCUT2D eigenvalue weighted by atomic mass is 16.5. The lowest BCUT2D eigenvalue weighted by Crippen LogP contribution is -2.42. The summed E-state index contributed by atoms with van der Waals surface area (Å²) in [6.45, 7) is 20.0. The van der Waals surface area contributed by atoms with E-state index in [1.165, 1.54) is 11.4 Å². The second-order valence-electron chi connectivity index (χ2n) is 16.3. The molecule has 57 heavy (non-hydrogen) atoms. The molecular weight excluding hydrogens is 705 g/mol. The van der Waals surface area contributed by atoms with E-state index in [9.17, 15) is 0 Å². The van der Waals surface area contributed by atoms with Crippen LogP contribution in [-0.4, -0.2) is 46.4 Å². The fourth-order valence-electron chi connectivity index (χ4n) is 7.43. The molecule has 2 aromatic heterocycles. The van der Waals surface area contributed by atoms with Gasteiger partial charge in [-0.2, -0.15) is 30.0 Å². The van der Waals surface area contributed by atoms with Gasteiger partial charge in [0.1, 0.15) is 17.6 Å². The molecule has 0 spiro atoms. The lowest BCUT2D eigenvalue weighted by molar-refractivity contribution is -0.805. The van der Waals surface area contributed by atoms with Crippen LogP contribution in [0.5, 0.6) is 0 Å². The van der Waals surface area contributed by atoms with Gasteiger partial charge in [-0.1, -0.05) is 116 Å². The average molecular weight is 763 g/mol. The van der Waals surface area contributed by atoms with Crippen molar-refractivity contribution in [1.29, 1.82) is 0 Å². The summed E-state index contributed by atoms with van der Waals surface area (Å²) >= 11 is 0. The van der Waals surface area contributed by atoms with Crippen LogP contribution in [0.3, 0.4) is 0 Å². The Balaban J connectivity index is 1.38. The van der Waals surface area contributed by atoms with Crippen molar-refractivity contribution < 1.29 is 9.53 Å². The minimum Gasteiger partial charge on any atom is -0.375 e. The summed E-state index contributed by atoms with van der Waals surface area (Å²) in [5.41, 5.74) is 11.9. The topological polar surface area (TPSA) is 77.3 Å². The number of ether oxygens (including phenoxy) is 1. The summed E-state index contributed by atoms with van der Waals surface area (Å²) in [6, 6.07) is 38.9. The number of nitrogens with zero attached hydrogens (tertiary/aromatic N) is 8. The smallest absolute Gasteiger partial charge is 0.186 e. The number of benzene rings is 5. The van der Waals surface area contributed by atoms with Crippen LogP contribution >= 0.6 is 0 Å². The molecule has 7 rings (SSSR count). The second kappa shape index (κ2) is 18.2. The first-order valence-electron chi connectivity index (χ1n) is 20.8. The maximum Gasteiger partial charge on any atom is 0.186 e. The molecule has 0 saturated heterocycles. The van der Waals surface area contributed by atoms with Crippen molar-refractivity contribution in [2.45, 2.75) is 74.4 Å². The summed E-state index contributed by atoms with van der Waals surface area (Å²) < 4.78 is 5.98. The molecule has 0 unspecified atom stereocenters. The van der Waals surface area contributed by atoms with E-state index in [1.807, 2.05) is 4.80 Å². The summed E-state index contributed by atoms with van der Waals surface area (Å²) in [6.07, 6.45) is 2.14.